The molecule has 0 aliphatic carbocycles. The van der Waals surface area contributed by atoms with Gasteiger partial charge in [0.25, 0.3) is 0 Å². The molecule has 4 rings (SSSR count). The van der Waals surface area contributed by atoms with Gasteiger partial charge in [-0.05, 0) is 37.5 Å². The van der Waals surface area contributed by atoms with Crippen molar-refractivity contribution in [3.63, 3.8) is 0 Å². The number of aryl methyl sites for hydroxylation is 1. The van der Waals surface area contributed by atoms with Crippen LogP contribution in [0.15, 0.2) is 24.5 Å². The van der Waals surface area contributed by atoms with Crippen LogP contribution in [0.25, 0.3) is 0 Å². The zero-order chi connectivity index (χ0) is 15.2. The number of benzene rings is 1. The topological polar surface area (TPSA) is 52.0 Å². The average Bonchev–Trinajstić information content (AvgIpc) is 3.05. The Labute approximate surface area is 130 Å². The number of nitrogens with zero attached hydrogens (tertiary/aromatic N) is 3. The fraction of sp³-hybridized carbons (Fsp3) is 0.529. The molecule has 5 nitrogen and oxygen atoms in total. The molecule has 0 unspecified atom stereocenters. The largest absolute Gasteiger partial charge is 0.487 e. The van der Waals surface area contributed by atoms with E-state index in [9.17, 15) is 0 Å². The molecule has 0 spiro atoms. The fourth-order valence-electron chi connectivity index (χ4n) is 3.44. The summed E-state index contributed by atoms with van der Waals surface area (Å²) in [6.45, 7) is 6.09. The Morgan fingerprint density at radius 3 is 3.23 bits per heavy atom. The predicted octanol–water partition coefficient (Wildman–Crippen LogP) is 2.10. The number of ether oxygens (including phenoxy) is 1. The van der Waals surface area contributed by atoms with E-state index in [-0.39, 0.29) is 5.60 Å². The van der Waals surface area contributed by atoms with Crippen molar-refractivity contribution < 1.29 is 4.74 Å². The molecule has 3 heterocycles. The molecule has 0 fully saturated rings. The van der Waals surface area contributed by atoms with Crippen molar-refractivity contribution in [1.82, 2.24) is 20.1 Å². The standard InChI is InChI=1S/C17H22N4O/c1-17(2)8-13-7-12(3-5-15(13)22-17)9-18-14-4-6-16-19-11-20-21(16)10-14/h3,5,7,11,14,18H,4,6,8-10H2,1-2H3/t14-/m0/s1. The summed E-state index contributed by atoms with van der Waals surface area (Å²) >= 11 is 0. The molecule has 1 aromatic carbocycles. The third kappa shape index (κ3) is 2.61. The van der Waals surface area contributed by atoms with Crippen molar-refractivity contribution in [2.45, 2.75) is 57.8 Å². The van der Waals surface area contributed by atoms with Crippen molar-refractivity contribution >= 4 is 0 Å². The fourth-order valence-corrected chi connectivity index (χ4v) is 3.44. The number of nitrogens with one attached hydrogen (secondary N) is 1. The highest BCUT2D eigenvalue weighted by Crippen LogP contribution is 2.35. The van der Waals surface area contributed by atoms with Gasteiger partial charge in [0.15, 0.2) is 0 Å². The second-order valence-corrected chi connectivity index (χ2v) is 6.96. The van der Waals surface area contributed by atoms with E-state index < -0.39 is 0 Å². The summed E-state index contributed by atoms with van der Waals surface area (Å²) in [5.41, 5.74) is 2.58. The van der Waals surface area contributed by atoms with Crippen LogP contribution in [0.4, 0.5) is 0 Å². The summed E-state index contributed by atoms with van der Waals surface area (Å²) in [6, 6.07) is 7.02. The van der Waals surface area contributed by atoms with E-state index in [0.29, 0.717) is 6.04 Å². The molecule has 1 atom stereocenters. The van der Waals surface area contributed by atoms with Crippen LogP contribution in [-0.2, 0) is 25.9 Å². The molecule has 0 saturated heterocycles. The molecule has 0 radical (unpaired) electrons. The van der Waals surface area contributed by atoms with E-state index in [1.807, 2.05) is 4.68 Å². The van der Waals surface area contributed by atoms with E-state index in [0.717, 1.165) is 43.9 Å². The first kappa shape index (κ1) is 13.8. The lowest BCUT2D eigenvalue weighted by atomic mass is 10.00. The molecule has 1 aromatic heterocycles. The Kier molecular flexibility index (Phi) is 3.18. The van der Waals surface area contributed by atoms with Gasteiger partial charge < -0.3 is 10.1 Å². The van der Waals surface area contributed by atoms with Crippen LogP contribution in [-0.4, -0.2) is 26.4 Å². The summed E-state index contributed by atoms with van der Waals surface area (Å²) in [5.74, 6) is 2.15. The minimum Gasteiger partial charge on any atom is -0.487 e. The minimum absolute atomic E-state index is 0.0682. The maximum absolute atomic E-state index is 5.93. The number of rotatable bonds is 3. The Morgan fingerprint density at radius 1 is 1.41 bits per heavy atom. The SMILES string of the molecule is CC1(C)Cc2cc(CN[C@H]3CCc4ncnn4C3)ccc2O1. The molecule has 0 saturated carbocycles. The van der Waals surface area contributed by atoms with Crippen LogP contribution >= 0.6 is 0 Å². The molecule has 22 heavy (non-hydrogen) atoms. The number of fused-ring (bicyclic) bond motifs is 2. The summed E-state index contributed by atoms with van der Waals surface area (Å²) in [6.07, 6.45) is 4.77. The average molecular weight is 298 g/mol. The van der Waals surface area contributed by atoms with Crippen molar-refractivity contribution in [2.24, 2.45) is 0 Å². The third-order valence-corrected chi connectivity index (χ3v) is 4.53. The molecule has 2 aliphatic heterocycles. The molecule has 1 N–H and O–H groups in total. The molecule has 0 bridgehead atoms. The van der Waals surface area contributed by atoms with Gasteiger partial charge in [-0.1, -0.05) is 12.1 Å². The van der Waals surface area contributed by atoms with Crippen molar-refractivity contribution in [3.8, 4) is 5.75 Å². The predicted molar refractivity (Wildman–Crippen MR) is 83.8 cm³/mol. The van der Waals surface area contributed by atoms with E-state index in [2.05, 4.69) is 47.4 Å². The van der Waals surface area contributed by atoms with Gasteiger partial charge in [0, 0.05) is 25.4 Å². The van der Waals surface area contributed by atoms with Gasteiger partial charge in [0.1, 0.15) is 23.5 Å². The highest BCUT2D eigenvalue weighted by Gasteiger charge is 2.29. The van der Waals surface area contributed by atoms with Gasteiger partial charge in [-0.15, -0.1) is 0 Å². The third-order valence-electron chi connectivity index (χ3n) is 4.53. The molecular weight excluding hydrogens is 276 g/mol. The first-order valence-corrected chi connectivity index (χ1v) is 8.00. The Bertz CT molecular complexity index is 692. The van der Waals surface area contributed by atoms with Gasteiger partial charge in [-0.2, -0.15) is 5.10 Å². The van der Waals surface area contributed by atoms with Crippen molar-refractivity contribution in [1.29, 1.82) is 0 Å². The zero-order valence-electron chi connectivity index (χ0n) is 13.2. The van der Waals surface area contributed by atoms with Crippen LogP contribution in [0.3, 0.4) is 0 Å². The summed E-state index contributed by atoms with van der Waals surface area (Å²) in [5, 5.41) is 7.93. The quantitative estimate of drug-likeness (QED) is 0.943. The summed E-state index contributed by atoms with van der Waals surface area (Å²) in [4.78, 5) is 4.27. The highest BCUT2D eigenvalue weighted by molar-refractivity contribution is 5.41. The number of hydrogen-bond donors (Lipinski definition) is 1. The molecular formula is C17H22N4O. The zero-order valence-corrected chi connectivity index (χ0v) is 13.2. The molecule has 5 heteroatoms. The van der Waals surface area contributed by atoms with Crippen molar-refractivity contribution in [2.75, 3.05) is 0 Å². The van der Waals surface area contributed by atoms with E-state index in [1.54, 1.807) is 6.33 Å². The number of hydrogen-bond acceptors (Lipinski definition) is 4. The van der Waals surface area contributed by atoms with Crippen LogP contribution in [0.2, 0.25) is 0 Å². The van der Waals surface area contributed by atoms with Gasteiger partial charge in [-0.25, -0.2) is 9.67 Å². The molecule has 2 aliphatic rings. The second kappa shape index (κ2) is 5.09. The molecule has 2 aromatic rings. The lowest BCUT2D eigenvalue weighted by Crippen LogP contribution is -2.37. The van der Waals surface area contributed by atoms with Crippen LogP contribution < -0.4 is 10.1 Å². The van der Waals surface area contributed by atoms with Crippen LogP contribution in [0, 0.1) is 0 Å². The molecule has 116 valence electrons. The Morgan fingerprint density at radius 2 is 2.32 bits per heavy atom. The number of aromatic nitrogens is 3. The normalized spacial score (nSPS) is 22.0. The van der Waals surface area contributed by atoms with Crippen LogP contribution in [0.5, 0.6) is 5.75 Å². The summed E-state index contributed by atoms with van der Waals surface area (Å²) < 4.78 is 7.95. The lowest BCUT2D eigenvalue weighted by molar-refractivity contribution is 0.138. The maximum atomic E-state index is 5.93. The minimum atomic E-state index is -0.0682. The van der Waals surface area contributed by atoms with Gasteiger partial charge >= 0.3 is 0 Å². The smallest absolute Gasteiger partial charge is 0.138 e. The van der Waals surface area contributed by atoms with E-state index in [4.69, 9.17) is 4.74 Å². The molecule has 0 amide bonds. The van der Waals surface area contributed by atoms with E-state index in [1.165, 1.54) is 11.1 Å². The first-order chi connectivity index (χ1) is 10.6. The highest BCUT2D eigenvalue weighted by atomic mass is 16.5. The first-order valence-electron chi connectivity index (χ1n) is 8.00. The monoisotopic (exact) mass is 298 g/mol. The second-order valence-electron chi connectivity index (χ2n) is 6.96. The maximum Gasteiger partial charge on any atom is 0.138 e. The summed E-state index contributed by atoms with van der Waals surface area (Å²) in [7, 11) is 0. The lowest BCUT2D eigenvalue weighted by Gasteiger charge is -2.23. The van der Waals surface area contributed by atoms with Gasteiger partial charge in [0.05, 0.1) is 6.54 Å². The van der Waals surface area contributed by atoms with Gasteiger partial charge in [0.2, 0.25) is 0 Å². The van der Waals surface area contributed by atoms with E-state index >= 15 is 0 Å². The van der Waals surface area contributed by atoms with Gasteiger partial charge in [-0.3, -0.25) is 0 Å². The van der Waals surface area contributed by atoms with Crippen LogP contribution in [0.1, 0.15) is 37.2 Å². The Balaban J connectivity index is 1.39. The van der Waals surface area contributed by atoms with Crippen molar-refractivity contribution in [3.05, 3.63) is 41.5 Å². The Hall–Kier alpha value is -1.88.